The summed E-state index contributed by atoms with van der Waals surface area (Å²) < 4.78 is 20.2. The third-order valence-corrected chi connectivity index (χ3v) is 5.10. The van der Waals surface area contributed by atoms with Crippen LogP contribution < -0.4 is 5.32 Å². The molecule has 5 unspecified atom stereocenters. The van der Waals surface area contributed by atoms with Crippen molar-refractivity contribution >= 4 is 25.7 Å². The number of hydrogen-bond acceptors (Lipinski definition) is 11. The zero-order valence-corrected chi connectivity index (χ0v) is 16.2. The highest BCUT2D eigenvalue weighted by Gasteiger charge is 2.65. The Labute approximate surface area is 168 Å². The molecule has 2 rings (SSSR count). The second-order valence-corrected chi connectivity index (χ2v) is 7.82. The molecule has 0 aromatic heterocycles. The Kier molecular flexibility index (Phi) is 7.52. The Morgan fingerprint density at radius 2 is 2.00 bits per heavy atom. The minimum absolute atomic E-state index is 0.118. The Bertz CT molecular complexity index is 731. The molecule has 8 N–H and O–H groups in total. The van der Waals surface area contributed by atoms with Crippen LogP contribution in [-0.4, -0.2) is 113 Å². The predicted molar refractivity (Wildman–Crippen MR) is 89.2 cm³/mol. The summed E-state index contributed by atoms with van der Waals surface area (Å²) >= 11 is 0. The molecule has 3 amide bonds. The van der Waals surface area contributed by atoms with E-state index in [1.54, 1.807) is 0 Å². The SMILES string of the molecule is O=C(O)C(CCCN1C(=O)NC2(OC(COP(=O)(O)O)C(O)C2O)C1=O)N(O)CO. The lowest BCUT2D eigenvalue weighted by atomic mass is 10.0. The first kappa shape index (κ1) is 24.5. The zero-order chi connectivity index (χ0) is 22.9. The molecular formula is C13H22N3O13P. The van der Waals surface area contributed by atoms with Gasteiger partial charge in [0.1, 0.15) is 31.1 Å². The first-order valence-electron chi connectivity index (χ1n) is 8.51. The molecule has 5 atom stereocenters. The highest BCUT2D eigenvalue weighted by atomic mass is 31.2. The normalized spacial score (nSPS) is 30.4. The van der Waals surface area contributed by atoms with Gasteiger partial charge in [-0.15, -0.1) is 0 Å². The van der Waals surface area contributed by atoms with E-state index >= 15 is 0 Å². The fourth-order valence-electron chi connectivity index (χ4n) is 3.12. The quantitative estimate of drug-likeness (QED) is 0.0679. The van der Waals surface area contributed by atoms with Crippen molar-refractivity contribution in [2.45, 2.75) is 42.9 Å². The fraction of sp³-hybridized carbons (Fsp3) is 0.769. The van der Waals surface area contributed by atoms with Gasteiger partial charge in [0.15, 0.2) is 0 Å². The topological polar surface area (TPSA) is 247 Å². The number of aliphatic carboxylic acids is 1. The second-order valence-electron chi connectivity index (χ2n) is 6.58. The summed E-state index contributed by atoms with van der Waals surface area (Å²) in [5.74, 6) is -2.57. The third-order valence-electron chi connectivity index (χ3n) is 4.61. The summed E-state index contributed by atoms with van der Waals surface area (Å²) in [4.78, 5) is 54.0. The number of ether oxygens (including phenoxy) is 1. The van der Waals surface area contributed by atoms with Crippen molar-refractivity contribution in [2.75, 3.05) is 19.9 Å². The largest absolute Gasteiger partial charge is 0.480 e. The predicted octanol–water partition coefficient (Wildman–Crippen LogP) is -3.66. The van der Waals surface area contributed by atoms with E-state index in [9.17, 15) is 34.4 Å². The van der Waals surface area contributed by atoms with Crippen molar-refractivity contribution in [2.24, 2.45) is 0 Å². The number of carbonyl (C=O) groups excluding carboxylic acids is 2. The van der Waals surface area contributed by atoms with E-state index in [-0.39, 0.29) is 24.4 Å². The van der Waals surface area contributed by atoms with Gasteiger partial charge in [-0.25, -0.2) is 9.36 Å². The highest BCUT2D eigenvalue weighted by molar-refractivity contribution is 7.46. The molecule has 2 fully saturated rings. The van der Waals surface area contributed by atoms with Crippen LogP contribution in [0, 0.1) is 0 Å². The van der Waals surface area contributed by atoms with E-state index < -0.39 is 69.1 Å². The van der Waals surface area contributed by atoms with Gasteiger partial charge in [0, 0.05) is 6.54 Å². The number of aliphatic hydroxyl groups is 3. The summed E-state index contributed by atoms with van der Waals surface area (Å²) in [6, 6.07) is -2.54. The van der Waals surface area contributed by atoms with Gasteiger partial charge in [-0.05, 0) is 12.8 Å². The number of nitrogens with zero attached hydrogens (tertiary/aromatic N) is 2. The Morgan fingerprint density at radius 1 is 1.37 bits per heavy atom. The van der Waals surface area contributed by atoms with Gasteiger partial charge >= 0.3 is 19.8 Å². The molecule has 16 nitrogen and oxygen atoms in total. The lowest BCUT2D eigenvalue weighted by Crippen LogP contribution is -2.56. The molecule has 0 aromatic rings. The van der Waals surface area contributed by atoms with Gasteiger partial charge in [-0.3, -0.25) is 24.3 Å². The molecule has 0 bridgehead atoms. The Morgan fingerprint density at radius 3 is 2.53 bits per heavy atom. The molecule has 30 heavy (non-hydrogen) atoms. The first-order valence-corrected chi connectivity index (χ1v) is 10.0. The second kappa shape index (κ2) is 9.19. The number of carbonyl (C=O) groups is 3. The summed E-state index contributed by atoms with van der Waals surface area (Å²) in [7, 11) is -4.94. The van der Waals surface area contributed by atoms with E-state index in [2.05, 4.69) is 9.84 Å². The number of nitrogens with one attached hydrogen (secondary N) is 1. The van der Waals surface area contributed by atoms with Crippen molar-refractivity contribution in [1.29, 1.82) is 0 Å². The van der Waals surface area contributed by atoms with Gasteiger partial charge in [0.2, 0.25) is 0 Å². The molecule has 172 valence electrons. The highest BCUT2D eigenvalue weighted by Crippen LogP contribution is 2.39. The average Bonchev–Trinajstić information content (AvgIpc) is 3.03. The summed E-state index contributed by atoms with van der Waals surface area (Å²) in [6.45, 7) is -2.20. The van der Waals surface area contributed by atoms with Crippen LogP contribution in [0.5, 0.6) is 0 Å². The van der Waals surface area contributed by atoms with Gasteiger partial charge in [-0.1, -0.05) is 0 Å². The van der Waals surface area contributed by atoms with Gasteiger partial charge in [0.05, 0.1) is 6.61 Å². The van der Waals surface area contributed by atoms with E-state index in [0.717, 1.165) is 0 Å². The van der Waals surface area contributed by atoms with Crippen LogP contribution in [0.2, 0.25) is 0 Å². The minimum Gasteiger partial charge on any atom is -0.480 e. The van der Waals surface area contributed by atoms with Crippen LogP contribution in [0.25, 0.3) is 0 Å². The monoisotopic (exact) mass is 459 g/mol. The number of amides is 3. The van der Waals surface area contributed by atoms with E-state index in [1.165, 1.54) is 0 Å². The molecule has 0 aliphatic carbocycles. The van der Waals surface area contributed by atoms with E-state index in [1.807, 2.05) is 0 Å². The number of carboxylic acids is 1. The molecule has 2 aliphatic rings. The number of phosphoric acid groups is 1. The number of hydrogen-bond donors (Lipinski definition) is 8. The van der Waals surface area contributed by atoms with Crippen molar-refractivity contribution in [3.8, 4) is 0 Å². The number of imide groups is 1. The molecule has 0 saturated carbocycles. The number of hydroxylamine groups is 2. The van der Waals surface area contributed by atoms with Crippen LogP contribution in [0.15, 0.2) is 0 Å². The maximum atomic E-state index is 12.7. The average molecular weight is 459 g/mol. The zero-order valence-electron chi connectivity index (χ0n) is 15.3. The number of carboxylic acid groups (broad SMARTS) is 1. The standard InChI is InChI=1S/C13H22N3O13P/c17-5-16(24)6(10(20)21)2-1-3-15-11(22)13(14-12(15)23)9(19)8(18)7(29-13)4-28-30(25,26)27/h6-9,17-19,24H,1-5H2,(H,14,23)(H,20,21)(H2,25,26,27). The molecular weight excluding hydrogens is 437 g/mol. The van der Waals surface area contributed by atoms with Crippen LogP contribution in [0.3, 0.4) is 0 Å². The Balaban J connectivity index is 2.04. The number of phosphoric ester groups is 1. The summed E-state index contributed by atoms with van der Waals surface area (Å²) in [5, 5.41) is 49.6. The van der Waals surface area contributed by atoms with Crippen LogP contribution in [-0.2, 0) is 23.4 Å². The van der Waals surface area contributed by atoms with E-state index in [4.69, 9.17) is 24.7 Å². The smallest absolute Gasteiger partial charge is 0.469 e. The molecule has 0 radical (unpaired) electrons. The Hall–Kier alpha value is -1.72. The van der Waals surface area contributed by atoms with Gasteiger partial charge in [0.25, 0.3) is 11.6 Å². The molecule has 2 heterocycles. The summed E-state index contributed by atoms with van der Waals surface area (Å²) in [5.41, 5.74) is -2.42. The van der Waals surface area contributed by atoms with Crippen LogP contribution in [0.4, 0.5) is 4.79 Å². The third kappa shape index (κ3) is 4.94. The van der Waals surface area contributed by atoms with Gasteiger partial charge in [-0.2, -0.15) is 5.06 Å². The maximum absolute atomic E-state index is 12.7. The fourth-order valence-corrected chi connectivity index (χ4v) is 3.46. The molecule has 2 aliphatic heterocycles. The molecule has 0 aromatic carbocycles. The minimum atomic E-state index is -4.94. The lowest BCUT2D eigenvalue weighted by molar-refractivity contribution is -0.191. The molecule has 1 spiro atoms. The van der Waals surface area contributed by atoms with Crippen LogP contribution >= 0.6 is 7.82 Å². The summed E-state index contributed by atoms with van der Waals surface area (Å²) in [6.07, 6.45) is -5.75. The van der Waals surface area contributed by atoms with Crippen LogP contribution in [0.1, 0.15) is 12.8 Å². The first-order chi connectivity index (χ1) is 13.8. The van der Waals surface area contributed by atoms with Crippen molar-refractivity contribution in [3.05, 3.63) is 0 Å². The van der Waals surface area contributed by atoms with Crippen molar-refractivity contribution in [1.82, 2.24) is 15.3 Å². The number of rotatable bonds is 10. The van der Waals surface area contributed by atoms with Crippen molar-refractivity contribution in [3.63, 3.8) is 0 Å². The lowest BCUT2D eigenvalue weighted by Gasteiger charge is -2.24. The number of aliphatic hydroxyl groups excluding tert-OH is 3. The maximum Gasteiger partial charge on any atom is 0.469 e. The molecule has 17 heteroatoms. The van der Waals surface area contributed by atoms with E-state index in [0.29, 0.717) is 4.90 Å². The van der Waals surface area contributed by atoms with Crippen molar-refractivity contribution < 1.29 is 63.6 Å². The molecule has 2 saturated heterocycles. The van der Waals surface area contributed by atoms with Gasteiger partial charge < -0.3 is 40.2 Å². The number of urea groups is 1.